The monoisotopic (exact) mass is 218 g/mol. The fourth-order valence-electron chi connectivity index (χ4n) is 1.11. The van der Waals surface area contributed by atoms with E-state index in [1.54, 1.807) is 7.11 Å². The molecule has 1 atom stereocenters. The second kappa shape index (κ2) is 8.05. The van der Waals surface area contributed by atoms with Crippen molar-refractivity contribution in [1.82, 2.24) is 10.2 Å². The summed E-state index contributed by atoms with van der Waals surface area (Å²) in [5, 5.41) is 13.0. The van der Waals surface area contributed by atoms with Gasteiger partial charge in [-0.05, 0) is 20.4 Å². The Kier molecular flexibility index (Phi) is 7.96. The summed E-state index contributed by atoms with van der Waals surface area (Å²) >= 11 is 0. The van der Waals surface area contributed by atoms with Gasteiger partial charge in [-0.15, -0.1) is 0 Å². The van der Waals surface area contributed by atoms with E-state index in [1.807, 2.05) is 13.8 Å². The SMILES string of the molecule is CCC(C)(O)CNCCN(C)CCOC. The van der Waals surface area contributed by atoms with E-state index in [1.165, 1.54) is 0 Å². The summed E-state index contributed by atoms with van der Waals surface area (Å²) in [5.41, 5.74) is -0.578. The third-order valence-electron chi connectivity index (χ3n) is 2.61. The Hall–Kier alpha value is -0.160. The van der Waals surface area contributed by atoms with Crippen LogP contribution in [0.2, 0.25) is 0 Å². The third-order valence-corrected chi connectivity index (χ3v) is 2.61. The fourth-order valence-corrected chi connectivity index (χ4v) is 1.11. The van der Waals surface area contributed by atoms with Crippen LogP contribution in [0.25, 0.3) is 0 Å². The van der Waals surface area contributed by atoms with Crippen molar-refractivity contribution in [3.8, 4) is 0 Å². The van der Waals surface area contributed by atoms with Crippen LogP contribution in [-0.2, 0) is 4.74 Å². The summed E-state index contributed by atoms with van der Waals surface area (Å²) in [6.45, 7) is 8.09. The summed E-state index contributed by atoms with van der Waals surface area (Å²) in [6, 6.07) is 0. The molecule has 15 heavy (non-hydrogen) atoms. The maximum atomic E-state index is 9.73. The highest BCUT2D eigenvalue weighted by molar-refractivity contribution is 4.73. The van der Waals surface area contributed by atoms with Crippen molar-refractivity contribution < 1.29 is 9.84 Å². The molecule has 92 valence electrons. The molecule has 0 aliphatic carbocycles. The number of rotatable bonds is 9. The summed E-state index contributed by atoms with van der Waals surface area (Å²) in [4.78, 5) is 2.21. The fraction of sp³-hybridized carbons (Fsp3) is 1.00. The van der Waals surface area contributed by atoms with E-state index in [2.05, 4.69) is 17.3 Å². The van der Waals surface area contributed by atoms with Crippen LogP contribution in [0.3, 0.4) is 0 Å². The van der Waals surface area contributed by atoms with E-state index in [-0.39, 0.29) is 0 Å². The van der Waals surface area contributed by atoms with Crippen molar-refractivity contribution in [3.05, 3.63) is 0 Å². The number of nitrogens with one attached hydrogen (secondary N) is 1. The van der Waals surface area contributed by atoms with Crippen LogP contribution in [0.15, 0.2) is 0 Å². The zero-order valence-electron chi connectivity index (χ0n) is 10.5. The molecule has 0 rings (SSSR count). The second-order valence-electron chi connectivity index (χ2n) is 4.32. The van der Waals surface area contributed by atoms with Gasteiger partial charge in [0.2, 0.25) is 0 Å². The minimum absolute atomic E-state index is 0.578. The molecule has 0 heterocycles. The summed E-state index contributed by atoms with van der Waals surface area (Å²) in [5.74, 6) is 0. The molecule has 0 spiro atoms. The maximum absolute atomic E-state index is 9.73. The zero-order chi connectivity index (χ0) is 11.7. The predicted molar refractivity (Wildman–Crippen MR) is 63.2 cm³/mol. The molecule has 0 radical (unpaired) electrons. The first-order chi connectivity index (χ1) is 7.02. The van der Waals surface area contributed by atoms with Crippen LogP contribution in [0, 0.1) is 0 Å². The van der Waals surface area contributed by atoms with E-state index in [0.29, 0.717) is 6.54 Å². The molecule has 2 N–H and O–H groups in total. The van der Waals surface area contributed by atoms with Crippen LogP contribution in [0.4, 0.5) is 0 Å². The lowest BCUT2D eigenvalue weighted by atomic mass is 10.0. The van der Waals surface area contributed by atoms with Gasteiger partial charge in [0.05, 0.1) is 12.2 Å². The topological polar surface area (TPSA) is 44.7 Å². The Morgan fingerprint density at radius 1 is 1.40 bits per heavy atom. The predicted octanol–water partition coefficient (Wildman–Crippen LogP) is 0.315. The molecule has 4 nitrogen and oxygen atoms in total. The van der Waals surface area contributed by atoms with Crippen LogP contribution < -0.4 is 5.32 Å². The Balaban J connectivity index is 3.37. The van der Waals surface area contributed by atoms with Gasteiger partial charge in [-0.2, -0.15) is 0 Å². The normalized spacial score (nSPS) is 15.6. The molecule has 0 aliphatic rings. The van der Waals surface area contributed by atoms with Crippen LogP contribution in [-0.4, -0.2) is 62.6 Å². The number of aliphatic hydroxyl groups is 1. The number of nitrogens with zero attached hydrogens (tertiary/aromatic N) is 1. The van der Waals surface area contributed by atoms with Gasteiger partial charge in [-0.3, -0.25) is 0 Å². The van der Waals surface area contributed by atoms with Gasteiger partial charge in [-0.25, -0.2) is 0 Å². The van der Waals surface area contributed by atoms with Gasteiger partial charge in [0.15, 0.2) is 0 Å². The van der Waals surface area contributed by atoms with Crippen LogP contribution in [0.5, 0.6) is 0 Å². The molecular weight excluding hydrogens is 192 g/mol. The van der Waals surface area contributed by atoms with Gasteiger partial charge in [0.25, 0.3) is 0 Å². The zero-order valence-corrected chi connectivity index (χ0v) is 10.5. The van der Waals surface area contributed by atoms with Crippen LogP contribution in [0.1, 0.15) is 20.3 Å². The van der Waals surface area contributed by atoms with Crippen molar-refractivity contribution in [2.75, 3.05) is 46.9 Å². The van der Waals surface area contributed by atoms with Crippen molar-refractivity contribution >= 4 is 0 Å². The van der Waals surface area contributed by atoms with Gasteiger partial charge in [0, 0.05) is 33.3 Å². The lowest BCUT2D eigenvalue weighted by molar-refractivity contribution is 0.0552. The third kappa shape index (κ3) is 8.81. The molecule has 0 aromatic heterocycles. The average Bonchev–Trinajstić information content (AvgIpc) is 2.21. The summed E-state index contributed by atoms with van der Waals surface area (Å²) < 4.78 is 4.99. The largest absolute Gasteiger partial charge is 0.389 e. The number of methoxy groups -OCH3 is 1. The van der Waals surface area contributed by atoms with Gasteiger partial charge < -0.3 is 20.1 Å². The number of ether oxygens (including phenoxy) is 1. The molecule has 0 aromatic rings. The van der Waals surface area contributed by atoms with Crippen LogP contribution >= 0.6 is 0 Å². The number of hydrogen-bond donors (Lipinski definition) is 2. The first-order valence-corrected chi connectivity index (χ1v) is 5.62. The molecule has 0 saturated carbocycles. The molecular formula is C11H26N2O2. The molecule has 0 aliphatic heterocycles. The molecule has 0 amide bonds. The average molecular weight is 218 g/mol. The molecule has 0 aromatic carbocycles. The summed E-state index contributed by atoms with van der Waals surface area (Å²) in [7, 11) is 3.78. The lowest BCUT2D eigenvalue weighted by Gasteiger charge is -2.23. The molecule has 0 saturated heterocycles. The van der Waals surface area contributed by atoms with E-state index < -0.39 is 5.60 Å². The van der Waals surface area contributed by atoms with E-state index in [4.69, 9.17) is 4.74 Å². The number of hydrogen-bond acceptors (Lipinski definition) is 4. The molecule has 0 bridgehead atoms. The van der Waals surface area contributed by atoms with Crippen molar-refractivity contribution in [2.24, 2.45) is 0 Å². The quantitative estimate of drug-likeness (QED) is 0.547. The Bertz CT molecular complexity index is 152. The first-order valence-electron chi connectivity index (χ1n) is 5.62. The van der Waals surface area contributed by atoms with Gasteiger partial charge in [-0.1, -0.05) is 6.92 Å². The van der Waals surface area contributed by atoms with Crippen molar-refractivity contribution in [2.45, 2.75) is 25.9 Å². The summed E-state index contributed by atoms with van der Waals surface area (Å²) in [6.07, 6.45) is 0.777. The van der Waals surface area contributed by atoms with E-state index >= 15 is 0 Å². The first kappa shape index (κ1) is 14.8. The highest BCUT2D eigenvalue weighted by Gasteiger charge is 2.15. The second-order valence-corrected chi connectivity index (χ2v) is 4.32. The molecule has 1 unspecified atom stereocenters. The molecule has 0 fully saturated rings. The smallest absolute Gasteiger partial charge is 0.0740 e. The standard InChI is InChI=1S/C11H26N2O2/c1-5-11(2,14)10-12-6-7-13(3)8-9-15-4/h12,14H,5-10H2,1-4H3. The number of likely N-dealkylation sites (N-methyl/N-ethyl adjacent to an activating group) is 1. The highest BCUT2D eigenvalue weighted by Crippen LogP contribution is 2.05. The highest BCUT2D eigenvalue weighted by atomic mass is 16.5. The van der Waals surface area contributed by atoms with Crippen molar-refractivity contribution in [3.63, 3.8) is 0 Å². The van der Waals surface area contributed by atoms with Gasteiger partial charge in [0.1, 0.15) is 0 Å². The maximum Gasteiger partial charge on any atom is 0.0740 e. The minimum atomic E-state index is -0.578. The van der Waals surface area contributed by atoms with E-state index in [9.17, 15) is 5.11 Å². The Labute approximate surface area is 93.6 Å². The van der Waals surface area contributed by atoms with Gasteiger partial charge >= 0.3 is 0 Å². The minimum Gasteiger partial charge on any atom is -0.389 e. The molecule has 4 heteroatoms. The van der Waals surface area contributed by atoms with Crippen molar-refractivity contribution in [1.29, 1.82) is 0 Å². The Morgan fingerprint density at radius 3 is 2.60 bits per heavy atom. The van der Waals surface area contributed by atoms with E-state index in [0.717, 1.165) is 32.7 Å². The Morgan fingerprint density at radius 2 is 2.07 bits per heavy atom. The lowest BCUT2D eigenvalue weighted by Crippen LogP contribution is -2.40.